The Kier molecular flexibility index (Phi) is 0.760. The van der Waals surface area contributed by atoms with E-state index in [-0.39, 0.29) is 11.8 Å². The molecule has 10 heavy (non-hydrogen) atoms. The number of nitrogens with one attached hydrogen (secondary N) is 1. The number of rotatable bonds is 1. The normalized spacial score (nSPS) is 42.4. The van der Waals surface area contributed by atoms with Crippen LogP contribution in [0, 0.1) is 11.3 Å². The van der Waals surface area contributed by atoms with Crippen molar-refractivity contribution in [1.29, 1.82) is 0 Å². The van der Waals surface area contributed by atoms with Crippen molar-refractivity contribution in [2.24, 2.45) is 11.3 Å². The zero-order valence-electron chi connectivity index (χ0n) is 5.26. The minimum absolute atomic E-state index is 0.0671. The lowest BCUT2D eigenvalue weighted by molar-refractivity contribution is -0.148. The van der Waals surface area contributed by atoms with Crippen molar-refractivity contribution in [2.75, 3.05) is 6.54 Å². The molecule has 2 atom stereocenters. The van der Waals surface area contributed by atoms with Gasteiger partial charge in [0.1, 0.15) is 0 Å². The van der Waals surface area contributed by atoms with E-state index in [9.17, 15) is 9.59 Å². The fourth-order valence-electron chi connectivity index (χ4n) is 1.59. The van der Waals surface area contributed by atoms with E-state index in [1.54, 1.807) is 0 Å². The molecule has 0 aromatic rings. The third-order valence-corrected chi connectivity index (χ3v) is 2.40. The van der Waals surface area contributed by atoms with E-state index in [1.807, 2.05) is 0 Å². The molecule has 1 saturated heterocycles. The molecule has 4 nitrogen and oxygen atoms in total. The first-order chi connectivity index (χ1) is 4.68. The van der Waals surface area contributed by atoms with Crippen molar-refractivity contribution < 1.29 is 14.7 Å². The molecule has 0 radical (unpaired) electrons. The number of carboxylic acid groups (broad SMARTS) is 1. The van der Waals surface area contributed by atoms with Gasteiger partial charge in [0.05, 0.1) is 0 Å². The Morgan fingerprint density at radius 2 is 2.50 bits per heavy atom. The van der Waals surface area contributed by atoms with Crippen LogP contribution in [0.4, 0.5) is 0 Å². The SMILES string of the molecule is O=C(O)[C@]12C[C@H]1CNC2=O. The van der Waals surface area contributed by atoms with Crippen LogP contribution in [0.2, 0.25) is 0 Å². The Bertz CT molecular complexity index is 225. The quantitative estimate of drug-likeness (QED) is 0.470. The number of hydrogen-bond donors (Lipinski definition) is 2. The highest BCUT2D eigenvalue weighted by molar-refractivity contribution is 6.07. The molecule has 0 unspecified atom stereocenters. The molecule has 1 aliphatic heterocycles. The molecule has 2 fully saturated rings. The average molecular weight is 141 g/mol. The molecule has 0 aromatic heterocycles. The number of hydrogen-bond acceptors (Lipinski definition) is 2. The number of amides is 1. The molecule has 0 aromatic carbocycles. The first kappa shape index (κ1) is 5.70. The molecule has 0 spiro atoms. The van der Waals surface area contributed by atoms with E-state index in [4.69, 9.17) is 5.11 Å². The van der Waals surface area contributed by atoms with E-state index in [0.29, 0.717) is 13.0 Å². The van der Waals surface area contributed by atoms with Gasteiger partial charge in [-0.15, -0.1) is 0 Å². The maximum absolute atomic E-state index is 10.9. The van der Waals surface area contributed by atoms with Gasteiger partial charge >= 0.3 is 5.97 Å². The zero-order valence-corrected chi connectivity index (χ0v) is 5.26. The summed E-state index contributed by atoms with van der Waals surface area (Å²) < 4.78 is 0. The fraction of sp³-hybridized carbons (Fsp3) is 0.667. The Labute approximate surface area is 57.2 Å². The predicted molar refractivity (Wildman–Crippen MR) is 31.2 cm³/mol. The number of aliphatic carboxylic acids is 1. The Morgan fingerprint density at radius 3 is 2.70 bits per heavy atom. The second-order valence-corrected chi connectivity index (χ2v) is 2.89. The summed E-state index contributed by atoms with van der Waals surface area (Å²) in [6, 6.07) is 0. The lowest BCUT2D eigenvalue weighted by Gasteiger charge is -2.01. The van der Waals surface area contributed by atoms with Crippen LogP contribution in [0.1, 0.15) is 6.42 Å². The topological polar surface area (TPSA) is 66.4 Å². The second kappa shape index (κ2) is 1.33. The third-order valence-electron chi connectivity index (χ3n) is 2.40. The van der Waals surface area contributed by atoms with Gasteiger partial charge in [0, 0.05) is 12.5 Å². The number of carbonyl (C=O) groups excluding carboxylic acids is 1. The monoisotopic (exact) mass is 141 g/mol. The molecule has 0 bridgehead atoms. The van der Waals surface area contributed by atoms with Crippen molar-refractivity contribution in [3.05, 3.63) is 0 Å². The summed E-state index contributed by atoms with van der Waals surface area (Å²) in [6.45, 7) is 0.547. The molecule has 2 N–H and O–H groups in total. The van der Waals surface area contributed by atoms with Crippen molar-refractivity contribution in [1.82, 2.24) is 5.32 Å². The minimum atomic E-state index is -1.01. The fourth-order valence-corrected chi connectivity index (χ4v) is 1.59. The van der Waals surface area contributed by atoms with Gasteiger partial charge in [-0.3, -0.25) is 9.59 Å². The standard InChI is InChI=1S/C6H7NO3/c8-4-6(5(9)10)1-3(6)2-7-4/h3H,1-2H2,(H,7,8)(H,9,10)/t3-,6+/m0/s1. The van der Waals surface area contributed by atoms with E-state index >= 15 is 0 Å². The van der Waals surface area contributed by atoms with Crippen LogP contribution >= 0.6 is 0 Å². The highest BCUT2D eigenvalue weighted by Crippen LogP contribution is 2.55. The number of piperidine rings is 1. The van der Waals surface area contributed by atoms with E-state index in [1.165, 1.54) is 0 Å². The van der Waals surface area contributed by atoms with Gasteiger partial charge in [-0.1, -0.05) is 0 Å². The lowest BCUT2D eigenvalue weighted by Crippen LogP contribution is -2.30. The number of carbonyl (C=O) groups is 2. The lowest BCUT2D eigenvalue weighted by atomic mass is 10.1. The van der Waals surface area contributed by atoms with E-state index in [2.05, 4.69) is 5.32 Å². The summed E-state index contributed by atoms with van der Waals surface area (Å²) in [5, 5.41) is 11.1. The minimum Gasteiger partial charge on any atom is -0.480 e. The first-order valence-corrected chi connectivity index (χ1v) is 3.19. The molecule has 2 aliphatic rings. The van der Waals surface area contributed by atoms with Gasteiger partial charge in [-0.05, 0) is 6.42 Å². The van der Waals surface area contributed by atoms with E-state index in [0.717, 1.165) is 0 Å². The smallest absolute Gasteiger partial charge is 0.319 e. The Balaban J connectivity index is 2.33. The maximum atomic E-state index is 10.9. The molecule has 1 aliphatic carbocycles. The van der Waals surface area contributed by atoms with E-state index < -0.39 is 11.4 Å². The van der Waals surface area contributed by atoms with Crippen LogP contribution in [0.3, 0.4) is 0 Å². The largest absolute Gasteiger partial charge is 0.480 e. The van der Waals surface area contributed by atoms with Gasteiger partial charge in [-0.2, -0.15) is 0 Å². The van der Waals surface area contributed by atoms with Crippen LogP contribution in [0.25, 0.3) is 0 Å². The number of fused-ring (bicyclic) bond motifs is 1. The van der Waals surface area contributed by atoms with Crippen LogP contribution in [-0.2, 0) is 9.59 Å². The maximum Gasteiger partial charge on any atom is 0.319 e. The van der Waals surface area contributed by atoms with Gasteiger partial charge < -0.3 is 10.4 Å². The zero-order chi connectivity index (χ0) is 7.35. The summed E-state index contributed by atoms with van der Waals surface area (Å²) in [5.74, 6) is -1.20. The number of carboxylic acids is 1. The summed E-state index contributed by atoms with van der Waals surface area (Å²) in [4.78, 5) is 21.4. The van der Waals surface area contributed by atoms with Crippen LogP contribution in [0.5, 0.6) is 0 Å². The predicted octanol–water partition coefficient (Wildman–Crippen LogP) is -0.793. The molecule has 4 heteroatoms. The highest BCUT2D eigenvalue weighted by atomic mass is 16.4. The molecule has 2 rings (SSSR count). The second-order valence-electron chi connectivity index (χ2n) is 2.89. The van der Waals surface area contributed by atoms with Crippen molar-refractivity contribution in [3.8, 4) is 0 Å². The first-order valence-electron chi connectivity index (χ1n) is 3.19. The summed E-state index contributed by atoms with van der Waals surface area (Å²) in [7, 11) is 0. The van der Waals surface area contributed by atoms with Gasteiger partial charge in [0.15, 0.2) is 5.41 Å². The van der Waals surface area contributed by atoms with Gasteiger partial charge in [0.25, 0.3) is 0 Å². The van der Waals surface area contributed by atoms with Crippen molar-refractivity contribution in [3.63, 3.8) is 0 Å². The molecule has 54 valence electrons. The van der Waals surface area contributed by atoms with Gasteiger partial charge in [-0.25, -0.2) is 0 Å². The molecular weight excluding hydrogens is 134 g/mol. The van der Waals surface area contributed by atoms with Gasteiger partial charge in [0.2, 0.25) is 5.91 Å². The molecule has 1 amide bonds. The molecule has 1 saturated carbocycles. The van der Waals surface area contributed by atoms with Crippen molar-refractivity contribution >= 4 is 11.9 Å². The van der Waals surface area contributed by atoms with Crippen LogP contribution in [0.15, 0.2) is 0 Å². The molecule has 1 heterocycles. The Hall–Kier alpha value is -1.06. The highest BCUT2D eigenvalue weighted by Gasteiger charge is 2.69. The summed E-state index contributed by atoms with van der Waals surface area (Å²) in [5.41, 5.74) is -1.01. The average Bonchev–Trinajstić information content (AvgIpc) is 2.52. The Morgan fingerprint density at radius 1 is 1.80 bits per heavy atom. The van der Waals surface area contributed by atoms with Crippen LogP contribution < -0.4 is 5.32 Å². The van der Waals surface area contributed by atoms with Crippen LogP contribution in [-0.4, -0.2) is 23.5 Å². The summed E-state index contributed by atoms with van der Waals surface area (Å²) in [6.07, 6.45) is 0.536. The summed E-state index contributed by atoms with van der Waals surface area (Å²) >= 11 is 0. The third kappa shape index (κ3) is 0.394. The van der Waals surface area contributed by atoms with Crippen molar-refractivity contribution in [2.45, 2.75) is 6.42 Å². The molecular formula is C6H7NO3.